The number of benzene rings is 1. The second kappa shape index (κ2) is 13.3. The van der Waals surface area contributed by atoms with E-state index in [4.69, 9.17) is 19.2 Å². The van der Waals surface area contributed by atoms with E-state index in [0.29, 0.717) is 31.0 Å². The van der Waals surface area contributed by atoms with Crippen LogP contribution >= 0.6 is 0 Å². The number of aromatic nitrogens is 2. The highest BCUT2D eigenvalue weighted by Gasteiger charge is 2.40. The molecule has 1 aromatic carbocycles. The SMILES string of the molecule is COCCCCn1c(C(=O)N(CC(C)C)[C@H]2CC(C(=O)O)CN(C(=O)OC(C)(C)C)C2)nc2ccc(OC)cc21. The third-order valence-electron chi connectivity index (χ3n) is 6.82. The number of carboxylic acid groups (broad SMARTS) is 1. The molecular weight excluding hydrogens is 516 g/mol. The number of imidazole rings is 1. The molecule has 1 aliphatic heterocycles. The number of hydrogen-bond donors (Lipinski definition) is 1. The second-order valence-corrected chi connectivity index (χ2v) is 11.8. The lowest BCUT2D eigenvalue weighted by molar-refractivity contribution is -0.144. The van der Waals surface area contributed by atoms with Crippen molar-refractivity contribution in [2.45, 2.75) is 72.1 Å². The Morgan fingerprint density at radius 3 is 2.48 bits per heavy atom. The second-order valence-electron chi connectivity index (χ2n) is 11.8. The number of unbranched alkanes of at least 4 members (excludes halogenated alkanes) is 1. The van der Waals surface area contributed by atoms with Gasteiger partial charge in [0.2, 0.25) is 0 Å². The van der Waals surface area contributed by atoms with Crippen molar-refractivity contribution in [1.29, 1.82) is 0 Å². The Labute approximate surface area is 236 Å². The van der Waals surface area contributed by atoms with Gasteiger partial charge < -0.3 is 33.7 Å². The quantitative estimate of drug-likeness (QED) is 0.404. The highest BCUT2D eigenvalue weighted by Crippen LogP contribution is 2.28. The topological polar surface area (TPSA) is 123 Å². The minimum atomic E-state index is -1.01. The molecule has 2 aromatic rings. The Balaban J connectivity index is 2.01. The predicted octanol–water partition coefficient (Wildman–Crippen LogP) is 4.28. The molecule has 1 aliphatic rings. The van der Waals surface area contributed by atoms with Crippen LogP contribution in [0.25, 0.3) is 11.0 Å². The van der Waals surface area contributed by atoms with E-state index in [9.17, 15) is 19.5 Å². The van der Waals surface area contributed by atoms with E-state index in [1.165, 1.54) is 4.90 Å². The van der Waals surface area contributed by atoms with Gasteiger partial charge in [0.1, 0.15) is 11.4 Å². The molecule has 11 heteroatoms. The number of fused-ring (bicyclic) bond motifs is 1. The predicted molar refractivity (Wildman–Crippen MR) is 151 cm³/mol. The van der Waals surface area contributed by atoms with Gasteiger partial charge in [-0.25, -0.2) is 9.78 Å². The average Bonchev–Trinajstić information content (AvgIpc) is 3.25. The van der Waals surface area contributed by atoms with Crippen LogP contribution in [0.4, 0.5) is 4.79 Å². The Morgan fingerprint density at radius 1 is 1.15 bits per heavy atom. The lowest BCUT2D eigenvalue weighted by atomic mass is 9.92. The van der Waals surface area contributed by atoms with Crippen molar-refractivity contribution in [3.8, 4) is 5.75 Å². The summed E-state index contributed by atoms with van der Waals surface area (Å²) in [5, 5.41) is 9.92. The molecule has 0 spiro atoms. The number of piperidine rings is 1. The van der Waals surface area contributed by atoms with Crippen molar-refractivity contribution >= 4 is 29.0 Å². The van der Waals surface area contributed by atoms with Gasteiger partial charge in [-0.1, -0.05) is 13.8 Å². The van der Waals surface area contributed by atoms with Gasteiger partial charge in [0.15, 0.2) is 5.82 Å². The number of carbonyl (C=O) groups excluding carboxylic acids is 2. The molecule has 1 saturated heterocycles. The van der Waals surface area contributed by atoms with Crippen molar-refractivity contribution < 1.29 is 33.7 Å². The van der Waals surface area contributed by atoms with Crippen LogP contribution in [0.3, 0.4) is 0 Å². The Bertz CT molecular complexity index is 1190. The van der Waals surface area contributed by atoms with Crippen LogP contribution in [0.15, 0.2) is 18.2 Å². The normalized spacial score (nSPS) is 17.8. The summed E-state index contributed by atoms with van der Waals surface area (Å²) in [5.41, 5.74) is 0.722. The number of likely N-dealkylation sites (tertiary alicyclic amines) is 1. The number of carboxylic acids is 1. The molecule has 1 fully saturated rings. The Morgan fingerprint density at radius 2 is 1.88 bits per heavy atom. The molecule has 2 amide bonds. The minimum Gasteiger partial charge on any atom is -0.497 e. The monoisotopic (exact) mass is 560 g/mol. The average molecular weight is 561 g/mol. The molecule has 11 nitrogen and oxygen atoms in total. The maximum absolute atomic E-state index is 14.3. The van der Waals surface area contributed by atoms with E-state index >= 15 is 0 Å². The van der Waals surface area contributed by atoms with Gasteiger partial charge >= 0.3 is 12.1 Å². The molecular formula is C29H44N4O7. The summed E-state index contributed by atoms with van der Waals surface area (Å²) in [6.45, 7) is 11.1. The third-order valence-corrected chi connectivity index (χ3v) is 6.82. The molecule has 0 radical (unpaired) electrons. The Hall–Kier alpha value is -3.34. The van der Waals surface area contributed by atoms with Crippen molar-refractivity contribution in [3.63, 3.8) is 0 Å². The minimum absolute atomic E-state index is 0.0300. The van der Waals surface area contributed by atoms with Crippen molar-refractivity contribution in [3.05, 3.63) is 24.0 Å². The number of rotatable bonds is 11. The zero-order valence-corrected chi connectivity index (χ0v) is 24.8. The highest BCUT2D eigenvalue weighted by molar-refractivity contribution is 5.95. The maximum atomic E-state index is 14.3. The number of ether oxygens (including phenoxy) is 3. The molecule has 2 atom stereocenters. The number of aliphatic carboxylic acids is 1. The van der Waals surface area contributed by atoms with Gasteiger partial charge in [-0.05, 0) is 58.1 Å². The number of amides is 2. The van der Waals surface area contributed by atoms with E-state index in [0.717, 1.165) is 18.4 Å². The van der Waals surface area contributed by atoms with Crippen LogP contribution in [0.1, 0.15) is 64.5 Å². The summed E-state index contributed by atoms with van der Waals surface area (Å²) in [6.07, 6.45) is 1.24. The zero-order valence-electron chi connectivity index (χ0n) is 24.8. The summed E-state index contributed by atoms with van der Waals surface area (Å²) in [6, 6.07) is 4.98. The molecule has 1 aromatic heterocycles. The summed E-state index contributed by atoms with van der Waals surface area (Å²) in [5.74, 6) is -1.09. The smallest absolute Gasteiger partial charge is 0.410 e. The van der Waals surface area contributed by atoms with E-state index in [2.05, 4.69) is 0 Å². The van der Waals surface area contributed by atoms with Gasteiger partial charge in [0.05, 0.1) is 30.1 Å². The van der Waals surface area contributed by atoms with Gasteiger partial charge in [-0.2, -0.15) is 0 Å². The third kappa shape index (κ3) is 7.87. The summed E-state index contributed by atoms with van der Waals surface area (Å²) in [4.78, 5) is 47.2. The molecule has 40 heavy (non-hydrogen) atoms. The van der Waals surface area contributed by atoms with E-state index in [1.807, 2.05) is 36.6 Å². The summed E-state index contributed by atoms with van der Waals surface area (Å²) < 4.78 is 18.1. The first-order valence-electron chi connectivity index (χ1n) is 13.9. The van der Waals surface area contributed by atoms with Gasteiger partial charge in [-0.15, -0.1) is 0 Å². The molecule has 1 N–H and O–H groups in total. The van der Waals surface area contributed by atoms with Crippen LogP contribution in [-0.2, 0) is 20.8 Å². The Kier molecular flexibility index (Phi) is 10.4. The zero-order chi connectivity index (χ0) is 29.6. The molecule has 0 bridgehead atoms. The first kappa shape index (κ1) is 31.2. The fraction of sp³-hybridized carbons (Fsp3) is 0.655. The number of aryl methyl sites for hydroxylation is 1. The first-order chi connectivity index (χ1) is 18.8. The highest BCUT2D eigenvalue weighted by atomic mass is 16.6. The number of nitrogens with zero attached hydrogens (tertiary/aromatic N) is 4. The van der Waals surface area contributed by atoms with Crippen LogP contribution in [0.2, 0.25) is 0 Å². The number of hydrogen-bond acceptors (Lipinski definition) is 7. The lowest BCUT2D eigenvalue weighted by Crippen LogP contribution is -2.57. The fourth-order valence-corrected chi connectivity index (χ4v) is 5.01. The molecule has 0 saturated carbocycles. The molecule has 2 heterocycles. The van der Waals surface area contributed by atoms with Crippen LogP contribution < -0.4 is 4.74 Å². The van der Waals surface area contributed by atoms with E-state index < -0.39 is 29.6 Å². The van der Waals surface area contributed by atoms with Gasteiger partial charge in [0.25, 0.3) is 5.91 Å². The standard InChI is InChI=1S/C29H44N4O7/c1-19(2)16-33(21-14-20(27(35)36)17-31(18-21)28(37)40-29(3,4)5)26(34)25-30-23-11-10-22(39-7)15-24(23)32(25)12-8-9-13-38-6/h10-11,15,19-21H,8-9,12-14,16-18H2,1-7H3,(H,35,36)/t20?,21-/m0/s1. The molecule has 1 unspecified atom stereocenters. The molecule has 0 aliphatic carbocycles. The van der Waals surface area contributed by atoms with Crippen LogP contribution in [-0.4, -0.2) is 94.5 Å². The number of carbonyl (C=O) groups is 3. The molecule has 3 rings (SSSR count). The largest absolute Gasteiger partial charge is 0.497 e. The van der Waals surface area contributed by atoms with Crippen LogP contribution in [0.5, 0.6) is 5.75 Å². The first-order valence-corrected chi connectivity index (χ1v) is 13.9. The van der Waals surface area contributed by atoms with Gasteiger partial charge in [-0.3, -0.25) is 9.59 Å². The maximum Gasteiger partial charge on any atom is 0.410 e. The summed E-state index contributed by atoms with van der Waals surface area (Å²) >= 11 is 0. The van der Waals surface area contributed by atoms with E-state index in [-0.39, 0.29) is 37.2 Å². The van der Waals surface area contributed by atoms with E-state index in [1.54, 1.807) is 39.9 Å². The molecule has 222 valence electrons. The summed E-state index contributed by atoms with van der Waals surface area (Å²) in [7, 11) is 3.25. The van der Waals surface area contributed by atoms with Crippen molar-refractivity contribution in [2.75, 3.05) is 40.5 Å². The number of methoxy groups -OCH3 is 2. The van der Waals surface area contributed by atoms with Crippen LogP contribution in [0, 0.1) is 11.8 Å². The fourth-order valence-electron chi connectivity index (χ4n) is 5.01. The van der Waals surface area contributed by atoms with Gasteiger partial charge in [0, 0.05) is 46.0 Å². The van der Waals surface area contributed by atoms with Crippen molar-refractivity contribution in [1.82, 2.24) is 19.4 Å². The lowest BCUT2D eigenvalue weighted by Gasteiger charge is -2.42. The van der Waals surface area contributed by atoms with Crippen molar-refractivity contribution in [2.24, 2.45) is 11.8 Å².